The lowest BCUT2D eigenvalue weighted by atomic mass is 10.1. The van der Waals surface area contributed by atoms with Gasteiger partial charge in [-0.1, -0.05) is 25.1 Å². The van der Waals surface area contributed by atoms with E-state index >= 15 is 0 Å². The molecule has 0 aliphatic carbocycles. The van der Waals surface area contributed by atoms with Crippen molar-refractivity contribution in [1.29, 1.82) is 0 Å². The highest BCUT2D eigenvalue weighted by Crippen LogP contribution is 2.12. The molecule has 0 radical (unpaired) electrons. The minimum absolute atomic E-state index is 0.0457. The molecule has 0 fully saturated rings. The zero-order chi connectivity index (χ0) is 15.2. The van der Waals surface area contributed by atoms with Gasteiger partial charge in [0, 0.05) is 31.2 Å². The number of rotatable bonds is 6. The first-order valence-corrected chi connectivity index (χ1v) is 7.08. The van der Waals surface area contributed by atoms with Gasteiger partial charge in [0.25, 0.3) is 0 Å². The van der Waals surface area contributed by atoms with Crippen LogP contribution in [0.3, 0.4) is 0 Å². The van der Waals surface area contributed by atoms with Gasteiger partial charge in [-0.2, -0.15) is 4.98 Å². The van der Waals surface area contributed by atoms with Gasteiger partial charge in [-0.25, -0.2) is 0 Å². The van der Waals surface area contributed by atoms with Gasteiger partial charge in [0.05, 0.1) is 6.04 Å². The fourth-order valence-corrected chi connectivity index (χ4v) is 1.85. The smallest absolute Gasteiger partial charge is 0.227 e. The fraction of sp³-hybridized carbons (Fsp3) is 0.467. The summed E-state index contributed by atoms with van der Waals surface area (Å²) in [6.45, 7) is 5.92. The van der Waals surface area contributed by atoms with E-state index in [-0.39, 0.29) is 17.9 Å². The second-order valence-corrected chi connectivity index (χ2v) is 5.28. The maximum atomic E-state index is 11.9. The summed E-state index contributed by atoms with van der Waals surface area (Å²) in [5.41, 5.74) is 0.978. The lowest BCUT2D eigenvalue weighted by molar-refractivity contribution is -0.121. The Morgan fingerprint density at radius 2 is 2.19 bits per heavy atom. The molecule has 1 atom stereocenters. The number of aryl methyl sites for hydroxylation is 1. The Kier molecular flexibility index (Phi) is 5.03. The van der Waals surface area contributed by atoms with Crippen molar-refractivity contribution in [3.8, 4) is 0 Å². The van der Waals surface area contributed by atoms with Gasteiger partial charge in [-0.15, -0.1) is 0 Å². The van der Waals surface area contributed by atoms with Crippen molar-refractivity contribution in [3.63, 3.8) is 0 Å². The zero-order valence-corrected chi connectivity index (χ0v) is 12.5. The average molecular weight is 288 g/mol. The molecule has 0 aliphatic rings. The van der Waals surface area contributed by atoms with Crippen LogP contribution in [0, 0.1) is 0 Å². The van der Waals surface area contributed by atoms with E-state index in [4.69, 9.17) is 4.52 Å². The number of hydrogen-bond acceptors (Lipinski definition) is 5. The Morgan fingerprint density at radius 1 is 1.38 bits per heavy atom. The quantitative estimate of drug-likeness (QED) is 0.882. The monoisotopic (exact) mass is 288 g/mol. The van der Waals surface area contributed by atoms with Gasteiger partial charge in [-0.05, 0) is 18.6 Å². The number of pyridine rings is 1. The normalized spacial score (nSPS) is 12.4. The van der Waals surface area contributed by atoms with Crippen LogP contribution in [0.15, 0.2) is 29.0 Å². The van der Waals surface area contributed by atoms with Crippen molar-refractivity contribution in [2.24, 2.45) is 0 Å². The molecule has 2 rings (SSSR count). The predicted molar refractivity (Wildman–Crippen MR) is 77.5 cm³/mol. The lowest BCUT2D eigenvalue weighted by Crippen LogP contribution is -2.26. The van der Waals surface area contributed by atoms with Crippen LogP contribution in [0.4, 0.5) is 0 Å². The first kappa shape index (κ1) is 15.2. The maximum absolute atomic E-state index is 11.9. The number of carbonyl (C=O) groups is 1. The first-order chi connectivity index (χ1) is 10.1. The van der Waals surface area contributed by atoms with Crippen molar-refractivity contribution in [3.05, 3.63) is 41.8 Å². The number of aromatic nitrogens is 3. The third-order valence-corrected chi connectivity index (χ3v) is 3.13. The van der Waals surface area contributed by atoms with Crippen LogP contribution in [0.5, 0.6) is 0 Å². The second-order valence-electron chi connectivity index (χ2n) is 5.28. The number of nitrogens with zero attached hydrogens (tertiary/aromatic N) is 3. The zero-order valence-electron chi connectivity index (χ0n) is 12.5. The van der Waals surface area contributed by atoms with E-state index in [1.165, 1.54) is 0 Å². The maximum Gasteiger partial charge on any atom is 0.227 e. The van der Waals surface area contributed by atoms with Crippen LogP contribution in [0.25, 0.3) is 0 Å². The van der Waals surface area contributed by atoms with Crippen LogP contribution in [-0.2, 0) is 11.2 Å². The molecule has 6 nitrogen and oxygen atoms in total. The van der Waals surface area contributed by atoms with Crippen LogP contribution < -0.4 is 5.32 Å². The molecule has 0 unspecified atom stereocenters. The standard InChI is InChI=1S/C15H20N4O2/c1-10(2)15-18-14(21-19-15)7-6-13(20)17-11(3)12-5-4-8-16-9-12/h4-5,8-11H,6-7H2,1-3H3,(H,17,20)/t11-/m0/s1. The molecule has 6 heteroatoms. The lowest BCUT2D eigenvalue weighted by Gasteiger charge is -2.13. The highest BCUT2D eigenvalue weighted by molar-refractivity contribution is 5.76. The number of amides is 1. The molecule has 2 aromatic rings. The minimum atomic E-state index is -0.0693. The molecular formula is C15H20N4O2. The van der Waals surface area contributed by atoms with Gasteiger partial charge >= 0.3 is 0 Å². The molecule has 0 bridgehead atoms. The summed E-state index contributed by atoms with van der Waals surface area (Å²) in [6, 6.07) is 3.72. The van der Waals surface area contributed by atoms with Crippen LogP contribution >= 0.6 is 0 Å². The van der Waals surface area contributed by atoms with E-state index in [2.05, 4.69) is 20.4 Å². The SMILES string of the molecule is CC(C)c1noc(CCC(=O)N[C@@H](C)c2cccnc2)n1. The van der Waals surface area contributed by atoms with Gasteiger partial charge in [0.2, 0.25) is 11.8 Å². The van der Waals surface area contributed by atoms with Crippen LogP contribution in [0.2, 0.25) is 0 Å². The Morgan fingerprint density at radius 3 is 2.81 bits per heavy atom. The summed E-state index contributed by atoms with van der Waals surface area (Å²) in [5.74, 6) is 1.36. The molecule has 21 heavy (non-hydrogen) atoms. The van der Waals surface area contributed by atoms with Gasteiger partial charge < -0.3 is 9.84 Å². The third kappa shape index (κ3) is 4.37. The van der Waals surface area contributed by atoms with E-state index < -0.39 is 0 Å². The molecule has 0 aromatic carbocycles. The number of nitrogens with one attached hydrogen (secondary N) is 1. The second kappa shape index (κ2) is 6.97. The molecular weight excluding hydrogens is 268 g/mol. The average Bonchev–Trinajstić information content (AvgIpc) is 2.95. The predicted octanol–water partition coefficient (Wildman–Crippen LogP) is 2.40. The van der Waals surface area contributed by atoms with Gasteiger partial charge in [0.15, 0.2) is 5.82 Å². The van der Waals surface area contributed by atoms with E-state index in [1.807, 2.05) is 32.9 Å². The molecule has 0 spiro atoms. The molecule has 1 N–H and O–H groups in total. The van der Waals surface area contributed by atoms with Crippen molar-refractivity contribution in [1.82, 2.24) is 20.4 Å². The van der Waals surface area contributed by atoms with E-state index in [0.717, 1.165) is 5.56 Å². The molecule has 0 saturated carbocycles. The van der Waals surface area contributed by atoms with Crippen molar-refractivity contribution < 1.29 is 9.32 Å². The van der Waals surface area contributed by atoms with Crippen LogP contribution in [0.1, 0.15) is 56.4 Å². The Hall–Kier alpha value is -2.24. The summed E-state index contributed by atoms with van der Waals surface area (Å²) in [7, 11) is 0. The molecule has 1 amide bonds. The summed E-state index contributed by atoms with van der Waals surface area (Å²) in [4.78, 5) is 20.2. The first-order valence-electron chi connectivity index (χ1n) is 7.08. The topological polar surface area (TPSA) is 80.9 Å². The summed E-state index contributed by atoms with van der Waals surface area (Å²) in [6.07, 6.45) is 4.23. The highest BCUT2D eigenvalue weighted by atomic mass is 16.5. The summed E-state index contributed by atoms with van der Waals surface area (Å²) in [5, 5.41) is 6.80. The van der Waals surface area contributed by atoms with E-state index in [1.54, 1.807) is 12.4 Å². The summed E-state index contributed by atoms with van der Waals surface area (Å²) < 4.78 is 5.11. The minimum Gasteiger partial charge on any atom is -0.350 e. The number of carbonyl (C=O) groups excluding carboxylic acids is 1. The molecule has 112 valence electrons. The third-order valence-electron chi connectivity index (χ3n) is 3.13. The Balaban J connectivity index is 1.82. The molecule has 0 aliphatic heterocycles. The molecule has 2 heterocycles. The van der Waals surface area contributed by atoms with Gasteiger partial charge in [-0.3, -0.25) is 9.78 Å². The highest BCUT2D eigenvalue weighted by Gasteiger charge is 2.13. The largest absolute Gasteiger partial charge is 0.350 e. The van der Waals surface area contributed by atoms with Crippen molar-refractivity contribution in [2.75, 3.05) is 0 Å². The summed E-state index contributed by atoms with van der Waals surface area (Å²) >= 11 is 0. The Labute approximate surface area is 124 Å². The fourth-order valence-electron chi connectivity index (χ4n) is 1.85. The Bertz CT molecular complexity index is 580. The van der Waals surface area contributed by atoms with Crippen LogP contribution in [-0.4, -0.2) is 21.0 Å². The van der Waals surface area contributed by atoms with E-state index in [0.29, 0.717) is 24.6 Å². The number of hydrogen-bond donors (Lipinski definition) is 1. The van der Waals surface area contributed by atoms with Crippen molar-refractivity contribution in [2.45, 2.75) is 45.6 Å². The van der Waals surface area contributed by atoms with Crippen molar-refractivity contribution >= 4 is 5.91 Å². The van der Waals surface area contributed by atoms with Gasteiger partial charge in [0.1, 0.15) is 0 Å². The molecule has 0 saturated heterocycles. The van der Waals surface area contributed by atoms with E-state index in [9.17, 15) is 4.79 Å². The molecule has 2 aromatic heterocycles.